The number of hydrogen-bond acceptors (Lipinski definition) is 3. The zero-order valence-electron chi connectivity index (χ0n) is 11.3. The summed E-state index contributed by atoms with van der Waals surface area (Å²) in [6.07, 6.45) is 3.77. The van der Waals surface area contributed by atoms with Crippen LogP contribution in [0.3, 0.4) is 0 Å². The molecule has 4 nitrogen and oxygen atoms in total. The molecule has 0 saturated carbocycles. The van der Waals surface area contributed by atoms with E-state index in [4.69, 9.17) is 0 Å². The lowest BCUT2D eigenvalue weighted by Crippen LogP contribution is -2.44. The van der Waals surface area contributed by atoms with Crippen molar-refractivity contribution in [3.8, 4) is 0 Å². The molecular formula is C15H23N3O. The molecule has 0 radical (unpaired) electrons. The molecule has 3 N–H and O–H groups in total. The highest BCUT2D eigenvalue weighted by atomic mass is 16.1. The molecule has 1 unspecified atom stereocenters. The van der Waals surface area contributed by atoms with Gasteiger partial charge >= 0.3 is 0 Å². The Hall–Kier alpha value is -1.39. The van der Waals surface area contributed by atoms with E-state index >= 15 is 0 Å². The molecule has 4 heteroatoms. The van der Waals surface area contributed by atoms with Crippen LogP contribution < -0.4 is 16.0 Å². The Kier molecular flexibility index (Phi) is 5.85. The minimum Gasteiger partial charge on any atom is -0.351 e. The number of nitrogens with one attached hydrogen (secondary N) is 3. The molecule has 2 rings (SSSR count). The fourth-order valence-electron chi connectivity index (χ4n) is 2.32. The lowest BCUT2D eigenvalue weighted by Gasteiger charge is -2.23. The molecule has 19 heavy (non-hydrogen) atoms. The van der Waals surface area contributed by atoms with Gasteiger partial charge in [-0.25, -0.2) is 0 Å². The van der Waals surface area contributed by atoms with Crippen molar-refractivity contribution in [3.05, 3.63) is 35.9 Å². The van der Waals surface area contributed by atoms with E-state index in [2.05, 4.69) is 16.0 Å². The fraction of sp³-hybridized carbons (Fsp3) is 0.533. The summed E-state index contributed by atoms with van der Waals surface area (Å²) in [4.78, 5) is 11.7. The standard InChI is InChI=1S/C15H23N3O/c19-15(18-10-13-6-2-1-3-7-13)12-16-11-14-8-4-5-9-17-14/h1-3,6-7,14,16-17H,4-5,8-12H2,(H,18,19). The van der Waals surface area contributed by atoms with Crippen LogP contribution in [0.2, 0.25) is 0 Å². The van der Waals surface area contributed by atoms with Crippen molar-refractivity contribution in [2.45, 2.75) is 31.8 Å². The van der Waals surface area contributed by atoms with E-state index in [9.17, 15) is 4.79 Å². The number of benzene rings is 1. The van der Waals surface area contributed by atoms with Gasteiger partial charge in [-0.2, -0.15) is 0 Å². The van der Waals surface area contributed by atoms with Gasteiger partial charge in [0.15, 0.2) is 0 Å². The number of piperidine rings is 1. The molecule has 0 aliphatic carbocycles. The topological polar surface area (TPSA) is 53.2 Å². The maximum atomic E-state index is 11.7. The van der Waals surface area contributed by atoms with Gasteiger partial charge < -0.3 is 16.0 Å². The molecule has 0 spiro atoms. The van der Waals surface area contributed by atoms with Crippen LogP contribution in [0, 0.1) is 0 Å². The number of rotatable bonds is 6. The fourth-order valence-corrected chi connectivity index (χ4v) is 2.32. The molecule has 1 amide bonds. The number of hydrogen-bond donors (Lipinski definition) is 3. The first-order chi connectivity index (χ1) is 9.34. The molecule has 1 heterocycles. The van der Waals surface area contributed by atoms with Crippen LogP contribution in [0.15, 0.2) is 30.3 Å². The maximum absolute atomic E-state index is 11.7. The second kappa shape index (κ2) is 7.92. The lowest BCUT2D eigenvalue weighted by molar-refractivity contribution is -0.120. The van der Waals surface area contributed by atoms with E-state index in [1.165, 1.54) is 19.3 Å². The number of amides is 1. The molecule has 1 aliphatic heterocycles. The molecule has 1 aromatic carbocycles. The van der Waals surface area contributed by atoms with Gasteiger partial charge in [-0.3, -0.25) is 4.79 Å². The Morgan fingerprint density at radius 1 is 1.26 bits per heavy atom. The molecule has 0 aromatic heterocycles. The Bertz CT molecular complexity index is 374. The van der Waals surface area contributed by atoms with E-state index < -0.39 is 0 Å². The quantitative estimate of drug-likeness (QED) is 0.717. The first-order valence-corrected chi connectivity index (χ1v) is 7.09. The average molecular weight is 261 g/mol. The summed E-state index contributed by atoms with van der Waals surface area (Å²) in [7, 11) is 0. The number of carbonyl (C=O) groups is 1. The number of carbonyl (C=O) groups excluding carboxylic acids is 1. The van der Waals surface area contributed by atoms with Crippen molar-refractivity contribution in [1.29, 1.82) is 0 Å². The highest BCUT2D eigenvalue weighted by Crippen LogP contribution is 2.05. The Balaban J connectivity index is 1.57. The Labute approximate surface area is 115 Å². The Morgan fingerprint density at radius 2 is 2.11 bits per heavy atom. The highest BCUT2D eigenvalue weighted by molar-refractivity contribution is 5.77. The molecule has 1 aliphatic rings. The second-order valence-electron chi connectivity index (χ2n) is 5.04. The van der Waals surface area contributed by atoms with Crippen molar-refractivity contribution in [1.82, 2.24) is 16.0 Å². The first kappa shape index (κ1) is 14.0. The summed E-state index contributed by atoms with van der Waals surface area (Å²) in [6, 6.07) is 10.5. The van der Waals surface area contributed by atoms with Gasteiger partial charge in [0.25, 0.3) is 0 Å². The van der Waals surface area contributed by atoms with E-state index in [1.807, 2.05) is 30.3 Å². The zero-order chi connectivity index (χ0) is 13.3. The maximum Gasteiger partial charge on any atom is 0.234 e. The van der Waals surface area contributed by atoms with Crippen LogP contribution in [0.25, 0.3) is 0 Å². The van der Waals surface area contributed by atoms with E-state index in [0.29, 0.717) is 19.1 Å². The summed E-state index contributed by atoms with van der Waals surface area (Å²) >= 11 is 0. The molecule has 1 atom stereocenters. The largest absolute Gasteiger partial charge is 0.351 e. The average Bonchev–Trinajstić information content (AvgIpc) is 2.47. The molecule has 1 fully saturated rings. The van der Waals surface area contributed by atoms with Crippen molar-refractivity contribution < 1.29 is 4.79 Å². The van der Waals surface area contributed by atoms with Gasteiger partial charge in [-0.1, -0.05) is 36.8 Å². The molecular weight excluding hydrogens is 238 g/mol. The van der Waals surface area contributed by atoms with E-state index in [1.54, 1.807) is 0 Å². The first-order valence-electron chi connectivity index (χ1n) is 7.09. The summed E-state index contributed by atoms with van der Waals surface area (Å²) in [5.41, 5.74) is 1.13. The van der Waals surface area contributed by atoms with Crippen LogP contribution in [0.5, 0.6) is 0 Å². The SMILES string of the molecule is O=C(CNCC1CCCCN1)NCc1ccccc1. The van der Waals surface area contributed by atoms with Crippen LogP contribution in [0.4, 0.5) is 0 Å². The van der Waals surface area contributed by atoms with Crippen molar-refractivity contribution in [3.63, 3.8) is 0 Å². The third kappa shape index (κ3) is 5.41. The monoisotopic (exact) mass is 261 g/mol. The van der Waals surface area contributed by atoms with Gasteiger partial charge in [0, 0.05) is 19.1 Å². The summed E-state index contributed by atoms with van der Waals surface area (Å²) in [5, 5.41) is 9.59. The van der Waals surface area contributed by atoms with Crippen molar-refractivity contribution in [2.24, 2.45) is 0 Å². The molecule has 1 saturated heterocycles. The highest BCUT2D eigenvalue weighted by Gasteiger charge is 2.12. The van der Waals surface area contributed by atoms with E-state index in [-0.39, 0.29) is 5.91 Å². The van der Waals surface area contributed by atoms with Crippen LogP contribution in [-0.2, 0) is 11.3 Å². The third-order valence-electron chi connectivity index (χ3n) is 3.42. The summed E-state index contributed by atoms with van der Waals surface area (Å²) < 4.78 is 0. The second-order valence-corrected chi connectivity index (χ2v) is 5.04. The van der Waals surface area contributed by atoms with Crippen molar-refractivity contribution in [2.75, 3.05) is 19.6 Å². The molecule has 0 bridgehead atoms. The van der Waals surface area contributed by atoms with Gasteiger partial charge in [0.1, 0.15) is 0 Å². The van der Waals surface area contributed by atoms with Gasteiger partial charge in [0.05, 0.1) is 6.54 Å². The predicted octanol–water partition coefficient (Wildman–Crippen LogP) is 1.03. The summed E-state index contributed by atoms with van der Waals surface area (Å²) in [5.74, 6) is 0.0552. The minimum atomic E-state index is 0.0552. The van der Waals surface area contributed by atoms with Crippen LogP contribution in [-0.4, -0.2) is 31.6 Å². The van der Waals surface area contributed by atoms with Gasteiger partial charge in [0.2, 0.25) is 5.91 Å². The summed E-state index contributed by atoms with van der Waals surface area (Å²) in [6.45, 7) is 2.97. The normalized spacial score (nSPS) is 19.1. The van der Waals surface area contributed by atoms with Crippen LogP contribution >= 0.6 is 0 Å². The van der Waals surface area contributed by atoms with E-state index in [0.717, 1.165) is 18.7 Å². The van der Waals surface area contributed by atoms with Gasteiger partial charge in [-0.05, 0) is 24.9 Å². The Morgan fingerprint density at radius 3 is 2.84 bits per heavy atom. The molecule has 1 aromatic rings. The zero-order valence-corrected chi connectivity index (χ0v) is 11.3. The minimum absolute atomic E-state index is 0.0552. The predicted molar refractivity (Wildman–Crippen MR) is 76.8 cm³/mol. The lowest BCUT2D eigenvalue weighted by atomic mass is 10.1. The van der Waals surface area contributed by atoms with Crippen LogP contribution in [0.1, 0.15) is 24.8 Å². The van der Waals surface area contributed by atoms with Gasteiger partial charge in [-0.15, -0.1) is 0 Å². The van der Waals surface area contributed by atoms with Crippen molar-refractivity contribution >= 4 is 5.91 Å². The smallest absolute Gasteiger partial charge is 0.234 e. The third-order valence-corrected chi connectivity index (χ3v) is 3.42. The molecule has 104 valence electrons.